The third-order valence-electron chi connectivity index (χ3n) is 3.94. The lowest BCUT2D eigenvalue weighted by atomic mass is 10.3. The lowest BCUT2D eigenvalue weighted by Gasteiger charge is -2.16. The molecule has 0 spiro atoms. The fraction of sp³-hybridized carbons (Fsp3) is 0.294. The molecule has 1 atom stereocenters. The molecule has 0 aromatic heterocycles. The Kier molecular flexibility index (Phi) is 4.75. The van der Waals surface area contributed by atoms with Gasteiger partial charge in [0.25, 0.3) is 0 Å². The van der Waals surface area contributed by atoms with Crippen molar-refractivity contribution in [2.45, 2.75) is 17.4 Å². The van der Waals surface area contributed by atoms with E-state index in [9.17, 15) is 8.42 Å². The average Bonchev–Trinajstić information content (AvgIpc) is 3.03. The summed E-state index contributed by atoms with van der Waals surface area (Å²) < 4.78 is 37.3. The van der Waals surface area contributed by atoms with Crippen LogP contribution in [0, 0.1) is 0 Å². The third-order valence-corrected chi connectivity index (χ3v) is 5.82. The summed E-state index contributed by atoms with van der Waals surface area (Å²) in [5.41, 5.74) is 5.80. The summed E-state index contributed by atoms with van der Waals surface area (Å²) in [6.45, 7) is 0.833. The van der Waals surface area contributed by atoms with Crippen LogP contribution in [0.1, 0.15) is 6.42 Å². The molecule has 1 saturated heterocycles. The molecule has 0 amide bonds. The molecule has 2 N–H and O–H groups in total. The van der Waals surface area contributed by atoms with Crippen molar-refractivity contribution >= 4 is 10.0 Å². The Bertz CT molecular complexity index is 788. The first kappa shape index (κ1) is 16.8. The van der Waals surface area contributed by atoms with Gasteiger partial charge in [0, 0.05) is 19.1 Å². The van der Waals surface area contributed by atoms with Crippen molar-refractivity contribution in [3.8, 4) is 17.2 Å². The highest BCUT2D eigenvalue weighted by atomic mass is 32.2. The van der Waals surface area contributed by atoms with E-state index < -0.39 is 10.0 Å². The van der Waals surface area contributed by atoms with Crippen LogP contribution in [-0.4, -0.2) is 39.0 Å². The minimum atomic E-state index is -3.49. The standard InChI is InChI=1S/C17H20N2O4S/c1-22-14-2-4-15(5-3-14)23-16-6-8-17(9-7-16)24(20,21)19-11-10-13(18)12-19/h2-9,13H,10-12,18H2,1H3/t13-/m1/s1. The van der Waals surface area contributed by atoms with Crippen LogP contribution in [0.5, 0.6) is 17.2 Å². The first-order chi connectivity index (χ1) is 11.5. The number of hydrogen-bond acceptors (Lipinski definition) is 5. The molecular weight excluding hydrogens is 328 g/mol. The van der Waals surface area contributed by atoms with Gasteiger partial charge in [-0.05, 0) is 55.0 Å². The van der Waals surface area contributed by atoms with E-state index in [4.69, 9.17) is 15.2 Å². The normalized spacial score (nSPS) is 18.5. The molecule has 7 heteroatoms. The topological polar surface area (TPSA) is 81.9 Å². The Morgan fingerprint density at radius 1 is 1.00 bits per heavy atom. The van der Waals surface area contributed by atoms with Crippen LogP contribution >= 0.6 is 0 Å². The number of rotatable bonds is 5. The molecule has 0 unspecified atom stereocenters. The quantitative estimate of drug-likeness (QED) is 0.896. The maximum Gasteiger partial charge on any atom is 0.243 e. The number of benzene rings is 2. The van der Waals surface area contributed by atoms with Gasteiger partial charge < -0.3 is 15.2 Å². The van der Waals surface area contributed by atoms with E-state index in [0.717, 1.165) is 5.75 Å². The predicted octanol–water partition coefficient (Wildman–Crippen LogP) is 2.21. The van der Waals surface area contributed by atoms with E-state index in [1.807, 2.05) is 0 Å². The maximum absolute atomic E-state index is 12.5. The molecule has 0 bridgehead atoms. The maximum atomic E-state index is 12.5. The van der Waals surface area contributed by atoms with Crippen LogP contribution in [0.25, 0.3) is 0 Å². The highest BCUT2D eigenvalue weighted by molar-refractivity contribution is 7.89. The highest BCUT2D eigenvalue weighted by Crippen LogP contribution is 2.26. The van der Waals surface area contributed by atoms with Gasteiger partial charge in [0.15, 0.2) is 0 Å². The second-order valence-corrected chi connectivity index (χ2v) is 7.60. The zero-order valence-corrected chi connectivity index (χ0v) is 14.2. The average molecular weight is 348 g/mol. The molecular formula is C17H20N2O4S. The van der Waals surface area contributed by atoms with Crippen LogP contribution in [0.4, 0.5) is 0 Å². The van der Waals surface area contributed by atoms with Crippen molar-refractivity contribution < 1.29 is 17.9 Å². The molecule has 2 aromatic carbocycles. The fourth-order valence-electron chi connectivity index (χ4n) is 2.58. The molecule has 24 heavy (non-hydrogen) atoms. The Morgan fingerprint density at radius 3 is 2.04 bits per heavy atom. The second-order valence-electron chi connectivity index (χ2n) is 5.66. The Morgan fingerprint density at radius 2 is 1.54 bits per heavy atom. The Labute approximate surface area is 141 Å². The van der Waals surface area contributed by atoms with E-state index in [-0.39, 0.29) is 10.9 Å². The van der Waals surface area contributed by atoms with Crippen molar-refractivity contribution in [2.24, 2.45) is 5.73 Å². The Hall–Kier alpha value is -2.09. The van der Waals surface area contributed by atoms with Crippen molar-refractivity contribution in [1.82, 2.24) is 4.31 Å². The molecule has 3 rings (SSSR count). The highest BCUT2D eigenvalue weighted by Gasteiger charge is 2.30. The molecule has 0 radical (unpaired) electrons. The molecule has 1 aliphatic heterocycles. The van der Waals surface area contributed by atoms with E-state index in [1.54, 1.807) is 55.6 Å². The van der Waals surface area contributed by atoms with E-state index in [1.165, 1.54) is 4.31 Å². The fourth-order valence-corrected chi connectivity index (χ4v) is 4.09. The lowest BCUT2D eigenvalue weighted by molar-refractivity contribution is 0.413. The summed E-state index contributed by atoms with van der Waals surface area (Å²) in [5.74, 6) is 1.96. The van der Waals surface area contributed by atoms with Crippen molar-refractivity contribution in [2.75, 3.05) is 20.2 Å². The van der Waals surface area contributed by atoms with Gasteiger partial charge in [0.2, 0.25) is 10.0 Å². The SMILES string of the molecule is COc1ccc(Oc2ccc(S(=O)(=O)N3CC[C@@H](N)C3)cc2)cc1. The lowest BCUT2D eigenvalue weighted by Crippen LogP contribution is -2.31. The van der Waals surface area contributed by atoms with Gasteiger partial charge in [-0.15, -0.1) is 0 Å². The van der Waals surface area contributed by atoms with Crippen LogP contribution in [0.3, 0.4) is 0 Å². The predicted molar refractivity (Wildman–Crippen MR) is 90.9 cm³/mol. The van der Waals surface area contributed by atoms with Crippen molar-refractivity contribution in [1.29, 1.82) is 0 Å². The number of ether oxygens (including phenoxy) is 2. The summed E-state index contributed by atoms with van der Waals surface area (Å²) in [6.07, 6.45) is 0.692. The summed E-state index contributed by atoms with van der Waals surface area (Å²) in [7, 11) is -1.89. The number of sulfonamides is 1. The summed E-state index contributed by atoms with van der Waals surface area (Å²) in [6, 6.07) is 13.5. The minimum Gasteiger partial charge on any atom is -0.497 e. The van der Waals surface area contributed by atoms with E-state index >= 15 is 0 Å². The van der Waals surface area contributed by atoms with Gasteiger partial charge in [0.05, 0.1) is 12.0 Å². The van der Waals surface area contributed by atoms with Crippen LogP contribution < -0.4 is 15.2 Å². The van der Waals surface area contributed by atoms with Crippen LogP contribution in [-0.2, 0) is 10.0 Å². The van der Waals surface area contributed by atoms with Gasteiger partial charge in [-0.2, -0.15) is 4.31 Å². The molecule has 0 aliphatic carbocycles. The van der Waals surface area contributed by atoms with Gasteiger partial charge in [0.1, 0.15) is 17.2 Å². The molecule has 0 saturated carbocycles. The van der Waals surface area contributed by atoms with Crippen molar-refractivity contribution in [3.05, 3.63) is 48.5 Å². The zero-order chi connectivity index (χ0) is 17.2. The number of methoxy groups -OCH3 is 1. The van der Waals surface area contributed by atoms with Crippen molar-refractivity contribution in [3.63, 3.8) is 0 Å². The molecule has 128 valence electrons. The van der Waals surface area contributed by atoms with Crippen LogP contribution in [0.2, 0.25) is 0 Å². The number of nitrogens with zero attached hydrogens (tertiary/aromatic N) is 1. The van der Waals surface area contributed by atoms with E-state index in [2.05, 4.69) is 0 Å². The number of hydrogen-bond donors (Lipinski definition) is 1. The summed E-state index contributed by atoms with van der Waals surface area (Å²) in [4.78, 5) is 0.249. The molecule has 1 heterocycles. The Balaban J connectivity index is 1.72. The minimum absolute atomic E-state index is 0.0857. The van der Waals surface area contributed by atoms with Gasteiger partial charge >= 0.3 is 0 Å². The van der Waals surface area contributed by atoms with Crippen LogP contribution in [0.15, 0.2) is 53.4 Å². The smallest absolute Gasteiger partial charge is 0.243 e. The first-order valence-electron chi connectivity index (χ1n) is 7.67. The zero-order valence-electron chi connectivity index (χ0n) is 13.4. The molecule has 6 nitrogen and oxygen atoms in total. The second kappa shape index (κ2) is 6.80. The van der Waals surface area contributed by atoms with Gasteiger partial charge in [-0.1, -0.05) is 0 Å². The largest absolute Gasteiger partial charge is 0.497 e. The molecule has 2 aromatic rings. The molecule has 1 aliphatic rings. The monoisotopic (exact) mass is 348 g/mol. The number of nitrogens with two attached hydrogens (primary N) is 1. The van der Waals surface area contributed by atoms with Gasteiger partial charge in [-0.25, -0.2) is 8.42 Å². The van der Waals surface area contributed by atoms with Gasteiger partial charge in [-0.3, -0.25) is 0 Å². The molecule has 1 fully saturated rings. The third kappa shape index (κ3) is 3.53. The summed E-state index contributed by atoms with van der Waals surface area (Å²) >= 11 is 0. The first-order valence-corrected chi connectivity index (χ1v) is 9.11. The van der Waals surface area contributed by atoms with E-state index in [0.29, 0.717) is 31.0 Å². The summed E-state index contributed by atoms with van der Waals surface area (Å²) in [5, 5.41) is 0.